The molecule has 0 aliphatic carbocycles. The molecule has 2 rings (SSSR count). The summed E-state index contributed by atoms with van der Waals surface area (Å²) in [6, 6.07) is 1.92. The molecule has 6 heteroatoms. The van der Waals surface area contributed by atoms with Gasteiger partial charge in [-0.1, -0.05) is 5.16 Å². The zero-order chi connectivity index (χ0) is 11.5. The molecule has 2 aromatic rings. The fourth-order valence-electron chi connectivity index (χ4n) is 1.53. The highest BCUT2D eigenvalue weighted by molar-refractivity contribution is 5.47. The number of nitrogens with two attached hydrogens (primary N) is 1. The van der Waals surface area contributed by atoms with E-state index in [1.165, 1.54) is 0 Å². The van der Waals surface area contributed by atoms with Crippen LogP contribution in [0.5, 0.6) is 0 Å². The fourth-order valence-corrected chi connectivity index (χ4v) is 1.53. The molecule has 2 aromatic heterocycles. The molecule has 86 valence electrons. The van der Waals surface area contributed by atoms with Crippen molar-refractivity contribution in [1.29, 1.82) is 0 Å². The summed E-state index contributed by atoms with van der Waals surface area (Å²) in [4.78, 5) is 4.30. The highest BCUT2D eigenvalue weighted by Gasteiger charge is 2.12. The Morgan fingerprint density at radius 1 is 1.50 bits per heavy atom. The number of rotatable bonds is 4. The number of hydrogen-bond acceptors (Lipinski definition) is 5. The van der Waals surface area contributed by atoms with Gasteiger partial charge >= 0.3 is 0 Å². The molecule has 2 N–H and O–H groups in total. The first-order valence-electron chi connectivity index (χ1n) is 5.24. The van der Waals surface area contributed by atoms with E-state index >= 15 is 0 Å². The molecule has 0 saturated heterocycles. The van der Waals surface area contributed by atoms with Crippen LogP contribution in [0.15, 0.2) is 10.6 Å². The van der Waals surface area contributed by atoms with E-state index in [0.717, 1.165) is 24.2 Å². The van der Waals surface area contributed by atoms with Crippen LogP contribution in [-0.2, 0) is 13.5 Å². The van der Waals surface area contributed by atoms with Gasteiger partial charge in [-0.3, -0.25) is 4.68 Å². The summed E-state index contributed by atoms with van der Waals surface area (Å²) in [5.41, 5.74) is 7.19. The first-order valence-corrected chi connectivity index (χ1v) is 5.24. The van der Waals surface area contributed by atoms with E-state index in [0.29, 0.717) is 18.3 Å². The standard InChI is InChI=1S/C10H15N5O/c1-7-6-8(15(2)13-7)10-12-9(14-16-10)4-3-5-11/h6H,3-5,11H2,1-2H3. The minimum Gasteiger partial charge on any atom is -0.332 e. The van der Waals surface area contributed by atoms with Gasteiger partial charge in [0.15, 0.2) is 5.82 Å². The summed E-state index contributed by atoms with van der Waals surface area (Å²) < 4.78 is 6.91. The second-order valence-electron chi connectivity index (χ2n) is 3.70. The van der Waals surface area contributed by atoms with Gasteiger partial charge in [0.2, 0.25) is 0 Å². The Morgan fingerprint density at radius 3 is 2.94 bits per heavy atom. The largest absolute Gasteiger partial charge is 0.332 e. The van der Waals surface area contributed by atoms with Crippen LogP contribution in [-0.4, -0.2) is 26.5 Å². The molecular weight excluding hydrogens is 206 g/mol. The molecule has 2 heterocycles. The molecule has 0 saturated carbocycles. The summed E-state index contributed by atoms with van der Waals surface area (Å²) in [7, 11) is 1.85. The van der Waals surface area contributed by atoms with Crippen molar-refractivity contribution in [2.24, 2.45) is 12.8 Å². The Morgan fingerprint density at radius 2 is 2.31 bits per heavy atom. The lowest BCUT2D eigenvalue weighted by Gasteiger charge is -1.92. The fraction of sp³-hybridized carbons (Fsp3) is 0.500. The highest BCUT2D eigenvalue weighted by atomic mass is 16.5. The third kappa shape index (κ3) is 2.11. The maximum absolute atomic E-state index is 5.42. The molecule has 0 amide bonds. The van der Waals surface area contributed by atoms with Gasteiger partial charge in [0.1, 0.15) is 5.69 Å². The molecule has 0 spiro atoms. The highest BCUT2D eigenvalue weighted by Crippen LogP contribution is 2.17. The third-order valence-corrected chi connectivity index (χ3v) is 2.29. The Hall–Kier alpha value is -1.69. The molecule has 0 fully saturated rings. The molecule has 0 aliphatic heterocycles. The van der Waals surface area contributed by atoms with Crippen LogP contribution in [0.3, 0.4) is 0 Å². The molecule has 6 nitrogen and oxygen atoms in total. The van der Waals surface area contributed by atoms with E-state index in [1.807, 2.05) is 20.0 Å². The Bertz CT molecular complexity index is 473. The maximum Gasteiger partial charge on any atom is 0.276 e. The summed E-state index contributed by atoms with van der Waals surface area (Å²) in [5, 5.41) is 8.13. The van der Waals surface area contributed by atoms with E-state index in [9.17, 15) is 0 Å². The van der Waals surface area contributed by atoms with Gasteiger partial charge in [-0.25, -0.2) is 0 Å². The Balaban J connectivity index is 2.21. The number of nitrogens with zero attached hydrogens (tertiary/aromatic N) is 4. The second kappa shape index (κ2) is 4.44. The van der Waals surface area contributed by atoms with Gasteiger partial charge < -0.3 is 10.3 Å². The van der Waals surface area contributed by atoms with Crippen LogP contribution < -0.4 is 5.73 Å². The molecule has 0 radical (unpaired) electrons. The Kier molecular flexibility index (Phi) is 3.00. The van der Waals surface area contributed by atoms with E-state index in [1.54, 1.807) is 4.68 Å². The lowest BCUT2D eigenvalue weighted by molar-refractivity contribution is 0.418. The summed E-state index contributed by atoms with van der Waals surface area (Å²) in [5.74, 6) is 1.20. The zero-order valence-electron chi connectivity index (χ0n) is 9.47. The van der Waals surface area contributed by atoms with Crippen molar-refractivity contribution in [3.8, 4) is 11.6 Å². The van der Waals surface area contributed by atoms with E-state index in [-0.39, 0.29) is 0 Å². The predicted octanol–water partition coefficient (Wildman–Crippen LogP) is 0.670. The van der Waals surface area contributed by atoms with Crippen LogP contribution in [0.4, 0.5) is 0 Å². The van der Waals surface area contributed by atoms with Crippen molar-refractivity contribution in [3.63, 3.8) is 0 Å². The van der Waals surface area contributed by atoms with Crippen molar-refractivity contribution >= 4 is 0 Å². The van der Waals surface area contributed by atoms with E-state index < -0.39 is 0 Å². The molecule has 0 bridgehead atoms. The molecule has 16 heavy (non-hydrogen) atoms. The average molecular weight is 221 g/mol. The van der Waals surface area contributed by atoms with Crippen LogP contribution in [0, 0.1) is 6.92 Å². The first kappa shape index (κ1) is 10.8. The Labute approximate surface area is 93.4 Å². The van der Waals surface area contributed by atoms with Gasteiger partial charge in [0.05, 0.1) is 5.69 Å². The van der Waals surface area contributed by atoms with Crippen LogP contribution in [0.2, 0.25) is 0 Å². The predicted molar refractivity (Wildman–Crippen MR) is 58.6 cm³/mol. The van der Waals surface area contributed by atoms with Crippen LogP contribution in [0.1, 0.15) is 17.9 Å². The van der Waals surface area contributed by atoms with Gasteiger partial charge in [-0.05, 0) is 26.0 Å². The molecule has 0 unspecified atom stereocenters. The average Bonchev–Trinajstić information content (AvgIpc) is 2.82. The molecular formula is C10H15N5O. The second-order valence-corrected chi connectivity index (χ2v) is 3.70. The zero-order valence-corrected chi connectivity index (χ0v) is 9.47. The SMILES string of the molecule is Cc1cc(-c2nc(CCCN)no2)n(C)n1. The van der Waals surface area contributed by atoms with Crippen LogP contribution in [0.25, 0.3) is 11.6 Å². The lowest BCUT2D eigenvalue weighted by atomic mass is 10.3. The normalized spacial score (nSPS) is 10.9. The van der Waals surface area contributed by atoms with E-state index in [2.05, 4.69) is 15.2 Å². The molecule has 0 aliphatic rings. The quantitative estimate of drug-likeness (QED) is 0.820. The minimum absolute atomic E-state index is 0.509. The van der Waals surface area contributed by atoms with Gasteiger partial charge in [0.25, 0.3) is 5.89 Å². The van der Waals surface area contributed by atoms with Gasteiger partial charge in [-0.15, -0.1) is 0 Å². The first-order chi connectivity index (χ1) is 7.70. The summed E-state index contributed by atoms with van der Waals surface area (Å²) in [6.45, 7) is 2.56. The maximum atomic E-state index is 5.42. The summed E-state index contributed by atoms with van der Waals surface area (Å²) >= 11 is 0. The monoisotopic (exact) mass is 221 g/mol. The lowest BCUT2D eigenvalue weighted by Crippen LogP contribution is -2.01. The number of aryl methyl sites for hydroxylation is 3. The number of hydrogen-bond donors (Lipinski definition) is 1. The van der Waals surface area contributed by atoms with Crippen molar-refractivity contribution in [3.05, 3.63) is 17.6 Å². The topological polar surface area (TPSA) is 82.8 Å². The minimum atomic E-state index is 0.509. The van der Waals surface area contributed by atoms with Crippen molar-refractivity contribution in [2.75, 3.05) is 6.54 Å². The van der Waals surface area contributed by atoms with Crippen molar-refractivity contribution < 1.29 is 4.52 Å². The molecule has 0 atom stereocenters. The molecule has 0 aromatic carbocycles. The van der Waals surface area contributed by atoms with Gasteiger partial charge in [0, 0.05) is 13.5 Å². The smallest absolute Gasteiger partial charge is 0.276 e. The van der Waals surface area contributed by atoms with E-state index in [4.69, 9.17) is 10.3 Å². The van der Waals surface area contributed by atoms with Gasteiger partial charge in [-0.2, -0.15) is 10.1 Å². The van der Waals surface area contributed by atoms with Crippen molar-refractivity contribution in [1.82, 2.24) is 19.9 Å². The van der Waals surface area contributed by atoms with Crippen LogP contribution >= 0.6 is 0 Å². The third-order valence-electron chi connectivity index (χ3n) is 2.29. The summed E-state index contributed by atoms with van der Waals surface area (Å²) in [6.07, 6.45) is 1.61. The van der Waals surface area contributed by atoms with Crippen molar-refractivity contribution in [2.45, 2.75) is 19.8 Å². The number of aromatic nitrogens is 4.